The van der Waals surface area contributed by atoms with Gasteiger partial charge in [0.25, 0.3) is 5.91 Å². The Hall–Kier alpha value is -3.13. The Morgan fingerprint density at radius 1 is 1.22 bits per heavy atom. The fourth-order valence-electron chi connectivity index (χ4n) is 3.74. The van der Waals surface area contributed by atoms with E-state index in [-0.39, 0.29) is 40.8 Å². The maximum absolute atomic E-state index is 14.7. The Balaban J connectivity index is 1.54. The molecule has 4 rings (SSSR count). The standard InChI is InChI=1S/C23H19ClF2N2O4/c24-16-5-3-15(4-6-16)23(25,26)19(29)9-2-13-1-7-17-14(11-13)12-28(22(17)32)18-8-10-20(30)27-21(18)31/h1,3-7,11,18H,2,8-10,12H2,(H,27,30,31)/i2D2/hD. The first-order valence-electron chi connectivity index (χ1n) is 11.2. The molecule has 2 aliphatic heterocycles. The molecule has 1 unspecified atom stereocenters. The van der Waals surface area contributed by atoms with Gasteiger partial charge >= 0.3 is 5.92 Å². The lowest BCUT2D eigenvalue weighted by atomic mass is 9.97. The molecule has 2 aromatic carbocycles. The number of Topliss-reactive ketones (excluding diaryl/α,β-unsaturated/α-hetero) is 1. The van der Waals surface area contributed by atoms with Gasteiger partial charge in [0.1, 0.15) is 6.04 Å². The molecule has 9 heteroatoms. The fourth-order valence-corrected chi connectivity index (χ4v) is 3.87. The molecule has 32 heavy (non-hydrogen) atoms. The van der Waals surface area contributed by atoms with Crippen LogP contribution in [0.1, 0.15) is 49.1 Å². The summed E-state index contributed by atoms with van der Waals surface area (Å²) < 4.78 is 53.5. The maximum Gasteiger partial charge on any atom is 0.330 e. The number of amides is 3. The summed E-state index contributed by atoms with van der Waals surface area (Å²) in [6, 6.07) is 7.31. The summed E-state index contributed by atoms with van der Waals surface area (Å²) in [6.07, 6.45) is -3.59. The molecule has 2 aromatic rings. The van der Waals surface area contributed by atoms with Gasteiger partial charge < -0.3 is 4.90 Å². The number of aryl methyl sites for hydroxylation is 1. The van der Waals surface area contributed by atoms with Crippen molar-refractivity contribution in [3.63, 3.8) is 0 Å². The van der Waals surface area contributed by atoms with Gasteiger partial charge in [-0.2, -0.15) is 8.78 Å². The number of nitrogens with zero attached hydrogens (tertiary/aromatic N) is 1. The monoisotopic (exact) mass is 463 g/mol. The number of alkyl halides is 2. The maximum atomic E-state index is 14.7. The number of ketones is 1. The number of rotatable bonds is 6. The Morgan fingerprint density at radius 3 is 2.66 bits per heavy atom. The summed E-state index contributed by atoms with van der Waals surface area (Å²) in [5.74, 6) is -7.55. The molecule has 1 saturated heterocycles. The predicted octanol–water partition coefficient (Wildman–Crippen LogP) is 3.39. The van der Waals surface area contributed by atoms with E-state index < -0.39 is 53.8 Å². The van der Waals surface area contributed by atoms with E-state index in [0.717, 1.165) is 12.1 Å². The minimum atomic E-state index is -3.93. The molecule has 3 amide bonds. The van der Waals surface area contributed by atoms with Crippen molar-refractivity contribution in [3.05, 3.63) is 69.7 Å². The molecule has 166 valence electrons. The van der Waals surface area contributed by atoms with Gasteiger partial charge in [-0.15, -0.1) is 0 Å². The van der Waals surface area contributed by atoms with Crippen molar-refractivity contribution in [3.8, 4) is 0 Å². The Kier molecular flexibility index (Phi) is 4.86. The molecule has 0 bridgehead atoms. The van der Waals surface area contributed by atoms with E-state index in [2.05, 4.69) is 0 Å². The third kappa shape index (κ3) is 4.14. The van der Waals surface area contributed by atoms with Crippen LogP contribution in [0.25, 0.3) is 0 Å². The largest absolute Gasteiger partial charge is 0.330 e. The summed E-state index contributed by atoms with van der Waals surface area (Å²) in [4.78, 5) is 50.4. The molecule has 6 nitrogen and oxygen atoms in total. The quantitative estimate of drug-likeness (QED) is 0.665. The number of benzene rings is 2. The van der Waals surface area contributed by atoms with Crippen LogP contribution in [0.4, 0.5) is 8.78 Å². The van der Waals surface area contributed by atoms with Crippen LogP contribution in [0.15, 0.2) is 42.5 Å². The van der Waals surface area contributed by atoms with E-state index in [0.29, 0.717) is 5.56 Å². The second kappa shape index (κ2) is 8.43. The number of carbonyl (C=O) groups is 4. The van der Waals surface area contributed by atoms with Crippen molar-refractivity contribution >= 4 is 35.1 Å². The molecule has 0 saturated carbocycles. The van der Waals surface area contributed by atoms with Crippen LogP contribution in [0.2, 0.25) is 6.43 Å². The molecule has 1 fully saturated rings. The van der Waals surface area contributed by atoms with Gasteiger partial charge in [-0.25, -0.2) is 0 Å². The Bertz CT molecular complexity index is 1240. The lowest BCUT2D eigenvalue weighted by Crippen LogP contribution is -2.52. The van der Waals surface area contributed by atoms with Crippen LogP contribution in [0.5, 0.6) is 0 Å². The number of fused-ring (bicyclic) bond motifs is 1. The minimum absolute atomic E-state index is 0.0642. The van der Waals surface area contributed by atoms with E-state index >= 15 is 0 Å². The molecule has 1 N–H and O–H groups in total. The minimum Gasteiger partial charge on any atom is -0.322 e. The van der Waals surface area contributed by atoms with E-state index in [1.807, 2.05) is 0 Å². The molecular weight excluding hydrogens is 442 g/mol. The molecule has 0 spiro atoms. The van der Waals surface area contributed by atoms with Crippen LogP contribution in [0, 0.1) is 0 Å². The van der Waals surface area contributed by atoms with Crippen molar-refractivity contribution in [1.29, 1.82) is 0 Å². The normalized spacial score (nSPS) is 20.7. The molecule has 0 aromatic heterocycles. The fraction of sp³-hybridized carbons (Fsp3) is 0.304. The van der Waals surface area contributed by atoms with Crippen LogP contribution < -0.4 is 5.31 Å². The Labute approximate surface area is 191 Å². The highest BCUT2D eigenvalue weighted by Gasteiger charge is 2.41. The van der Waals surface area contributed by atoms with Crippen molar-refractivity contribution in [2.75, 3.05) is 0 Å². The van der Waals surface area contributed by atoms with Gasteiger partial charge in [-0.1, -0.05) is 35.9 Å². The highest BCUT2D eigenvalue weighted by atomic mass is 35.5. The number of hydrogen-bond acceptors (Lipinski definition) is 4. The third-order valence-corrected chi connectivity index (χ3v) is 5.73. The molecule has 2 aliphatic rings. The predicted molar refractivity (Wildman–Crippen MR) is 111 cm³/mol. The zero-order valence-electron chi connectivity index (χ0n) is 19.6. The summed E-state index contributed by atoms with van der Waals surface area (Å²) in [5.41, 5.74) is -0.117. The van der Waals surface area contributed by atoms with Gasteiger partial charge in [0.05, 0.1) is 0 Å². The first kappa shape index (κ1) is 18.4. The first-order valence-corrected chi connectivity index (χ1v) is 10.2. The second-order valence-electron chi connectivity index (χ2n) is 7.56. The number of halogens is 3. The van der Waals surface area contributed by atoms with Crippen LogP contribution in [-0.4, -0.2) is 34.4 Å². The molecular formula is C23H19ClF2N2O4. The molecule has 0 aliphatic carbocycles. The van der Waals surface area contributed by atoms with E-state index in [1.165, 1.54) is 35.2 Å². The zero-order valence-corrected chi connectivity index (χ0v) is 17.4. The van der Waals surface area contributed by atoms with Crippen LogP contribution >= 0.6 is 11.6 Å². The van der Waals surface area contributed by atoms with Crippen molar-refractivity contribution < 1.29 is 32.1 Å². The second-order valence-corrected chi connectivity index (χ2v) is 8.00. The lowest BCUT2D eigenvalue weighted by Gasteiger charge is -2.29. The zero-order chi connectivity index (χ0) is 25.7. The number of piperidine rings is 1. The number of hydrogen-bond donors (Lipinski definition) is 1. The van der Waals surface area contributed by atoms with E-state index in [9.17, 15) is 28.0 Å². The number of carbonyl (C=O) groups excluding carboxylic acids is 4. The average Bonchev–Trinajstić information content (AvgIpc) is 3.13. The van der Waals surface area contributed by atoms with Crippen molar-refractivity contribution in [1.82, 2.24) is 10.2 Å². The van der Waals surface area contributed by atoms with Crippen LogP contribution in [-0.2, 0) is 33.2 Å². The number of nitrogens with one attached hydrogen (secondary N) is 1. The highest BCUT2D eigenvalue weighted by molar-refractivity contribution is 6.30. The van der Waals surface area contributed by atoms with Gasteiger partial charge in [0.15, 0.2) is 1.41 Å². The summed E-state index contributed by atoms with van der Waals surface area (Å²) in [5, 5.41) is 0.451. The average molecular weight is 464 g/mol. The highest BCUT2D eigenvalue weighted by Crippen LogP contribution is 2.32. The SMILES string of the molecule is [2H]N1C(=O)CCC(N2Cc3cc(C([2H])([2H])CC(=O)C(F)(F)c4ccc(Cl)cc4)ccc3C2=O)C1=O. The molecule has 0 radical (unpaired) electrons. The smallest absolute Gasteiger partial charge is 0.322 e. The Morgan fingerprint density at radius 2 is 1.94 bits per heavy atom. The van der Waals surface area contributed by atoms with E-state index in [4.69, 9.17) is 15.8 Å². The van der Waals surface area contributed by atoms with Gasteiger partial charge in [0.2, 0.25) is 17.6 Å². The molecule has 2 heterocycles. The summed E-state index contributed by atoms with van der Waals surface area (Å²) in [6.45, 7) is -0.0780. The van der Waals surface area contributed by atoms with E-state index in [1.54, 1.807) is 0 Å². The van der Waals surface area contributed by atoms with Gasteiger partial charge in [0, 0.05) is 38.3 Å². The first-order chi connectivity index (χ1) is 16.3. The summed E-state index contributed by atoms with van der Waals surface area (Å²) in [7, 11) is 0. The molecule has 1 atom stereocenters. The van der Waals surface area contributed by atoms with Gasteiger partial charge in [-0.3, -0.25) is 24.5 Å². The number of imide groups is 1. The van der Waals surface area contributed by atoms with Crippen LogP contribution in [0.3, 0.4) is 0 Å². The van der Waals surface area contributed by atoms with Gasteiger partial charge in [-0.05, 0) is 42.1 Å². The lowest BCUT2D eigenvalue weighted by molar-refractivity contribution is -0.144. The van der Waals surface area contributed by atoms with Crippen molar-refractivity contribution in [2.24, 2.45) is 0 Å². The third-order valence-electron chi connectivity index (χ3n) is 5.48. The summed E-state index contributed by atoms with van der Waals surface area (Å²) >= 11 is 5.70. The van der Waals surface area contributed by atoms with Crippen molar-refractivity contribution in [2.45, 2.75) is 44.1 Å². The topological polar surface area (TPSA) is 83.6 Å².